The van der Waals surface area contributed by atoms with Crippen molar-refractivity contribution in [2.75, 3.05) is 6.54 Å². The number of aromatic nitrogens is 1. The summed E-state index contributed by atoms with van der Waals surface area (Å²) >= 11 is 3.41. The van der Waals surface area contributed by atoms with Gasteiger partial charge in [-0.05, 0) is 42.3 Å². The zero-order chi connectivity index (χ0) is 14.5. The lowest BCUT2D eigenvalue weighted by molar-refractivity contribution is 0.174. The van der Waals surface area contributed by atoms with Gasteiger partial charge in [0.05, 0.1) is 6.10 Å². The summed E-state index contributed by atoms with van der Waals surface area (Å²) in [5.74, 6) is 0.291. The van der Waals surface area contributed by atoms with Crippen molar-refractivity contribution in [3.05, 3.63) is 57.8 Å². The van der Waals surface area contributed by atoms with Crippen LogP contribution in [0.2, 0.25) is 0 Å². The maximum atomic E-state index is 10.0. The van der Waals surface area contributed by atoms with Gasteiger partial charge in [0.1, 0.15) is 5.75 Å². The van der Waals surface area contributed by atoms with Gasteiger partial charge in [-0.25, -0.2) is 0 Å². The SMILES string of the molecule is Cc1cc(Br)cc(CNCC(O)c2ccncc2)c1O. The first-order chi connectivity index (χ1) is 9.58. The molecule has 0 amide bonds. The number of hydrogen-bond donors (Lipinski definition) is 3. The first-order valence-corrected chi connectivity index (χ1v) is 7.14. The fourth-order valence-electron chi connectivity index (χ4n) is 1.99. The first-order valence-electron chi connectivity index (χ1n) is 6.34. The molecule has 1 unspecified atom stereocenters. The molecular formula is C15H17BrN2O2. The van der Waals surface area contributed by atoms with Gasteiger partial charge in [0.2, 0.25) is 0 Å². The van der Waals surface area contributed by atoms with Crippen LogP contribution in [-0.2, 0) is 6.54 Å². The van der Waals surface area contributed by atoms with E-state index in [0.29, 0.717) is 18.8 Å². The molecule has 5 heteroatoms. The molecule has 0 aliphatic heterocycles. The number of aliphatic hydroxyl groups excluding tert-OH is 1. The summed E-state index contributed by atoms with van der Waals surface area (Å²) in [5.41, 5.74) is 2.45. The molecule has 3 N–H and O–H groups in total. The molecule has 1 heterocycles. The highest BCUT2D eigenvalue weighted by atomic mass is 79.9. The van der Waals surface area contributed by atoms with Crippen LogP contribution in [-0.4, -0.2) is 21.7 Å². The summed E-state index contributed by atoms with van der Waals surface area (Å²) in [4.78, 5) is 3.92. The minimum absolute atomic E-state index is 0.291. The molecule has 1 aromatic heterocycles. The van der Waals surface area contributed by atoms with Crippen LogP contribution in [0.5, 0.6) is 5.75 Å². The van der Waals surface area contributed by atoms with Crippen LogP contribution in [0.4, 0.5) is 0 Å². The van der Waals surface area contributed by atoms with Crippen LogP contribution in [0.3, 0.4) is 0 Å². The Morgan fingerprint density at radius 1 is 1.30 bits per heavy atom. The molecule has 20 heavy (non-hydrogen) atoms. The van der Waals surface area contributed by atoms with Crippen molar-refractivity contribution in [2.45, 2.75) is 19.6 Å². The Bertz CT molecular complexity index is 576. The number of hydrogen-bond acceptors (Lipinski definition) is 4. The Labute approximate surface area is 126 Å². The van der Waals surface area contributed by atoms with E-state index in [4.69, 9.17) is 0 Å². The lowest BCUT2D eigenvalue weighted by atomic mass is 10.1. The smallest absolute Gasteiger partial charge is 0.123 e. The number of nitrogens with one attached hydrogen (secondary N) is 1. The molecule has 4 nitrogen and oxygen atoms in total. The van der Waals surface area contributed by atoms with Crippen molar-refractivity contribution < 1.29 is 10.2 Å². The lowest BCUT2D eigenvalue weighted by Gasteiger charge is -2.13. The van der Waals surface area contributed by atoms with Crippen LogP contribution in [0.1, 0.15) is 22.8 Å². The van der Waals surface area contributed by atoms with Gasteiger partial charge in [0.25, 0.3) is 0 Å². The van der Waals surface area contributed by atoms with Crippen molar-refractivity contribution in [2.24, 2.45) is 0 Å². The van der Waals surface area contributed by atoms with E-state index in [1.54, 1.807) is 24.5 Å². The van der Waals surface area contributed by atoms with Gasteiger partial charge in [0.15, 0.2) is 0 Å². The van der Waals surface area contributed by atoms with Gasteiger partial charge in [-0.3, -0.25) is 4.98 Å². The lowest BCUT2D eigenvalue weighted by Crippen LogP contribution is -2.21. The predicted molar refractivity (Wildman–Crippen MR) is 81.4 cm³/mol. The minimum Gasteiger partial charge on any atom is -0.507 e. The number of aromatic hydroxyl groups is 1. The van der Waals surface area contributed by atoms with E-state index in [1.807, 2.05) is 19.1 Å². The Kier molecular flexibility index (Phi) is 5.11. The van der Waals surface area contributed by atoms with Crippen molar-refractivity contribution in [1.29, 1.82) is 0 Å². The number of phenolic OH excluding ortho intramolecular Hbond substituents is 1. The highest BCUT2D eigenvalue weighted by Gasteiger charge is 2.09. The highest BCUT2D eigenvalue weighted by Crippen LogP contribution is 2.26. The topological polar surface area (TPSA) is 65.4 Å². The molecule has 1 aromatic carbocycles. The number of nitrogens with zero attached hydrogens (tertiary/aromatic N) is 1. The molecule has 0 aliphatic carbocycles. The fraction of sp³-hybridized carbons (Fsp3) is 0.267. The molecule has 106 valence electrons. The quantitative estimate of drug-likeness (QED) is 0.785. The van der Waals surface area contributed by atoms with E-state index in [-0.39, 0.29) is 0 Å². The number of phenols is 1. The van der Waals surface area contributed by atoms with Gasteiger partial charge in [0, 0.05) is 35.5 Å². The van der Waals surface area contributed by atoms with Gasteiger partial charge in [-0.15, -0.1) is 0 Å². The minimum atomic E-state index is -0.589. The van der Waals surface area contributed by atoms with Crippen LogP contribution >= 0.6 is 15.9 Å². The summed E-state index contributed by atoms with van der Waals surface area (Å²) in [6.07, 6.45) is 2.72. The summed E-state index contributed by atoms with van der Waals surface area (Å²) in [6.45, 7) is 2.76. The Morgan fingerprint density at radius 2 is 2.00 bits per heavy atom. The first kappa shape index (κ1) is 15.0. The third-order valence-electron chi connectivity index (χ3n) is 3.09. The number of pyridine rings is 1. The largest absolute Gasteiger partial charge is 0.507 e. The zero-order valence-corrected chi connectivity index (χ0v) is 12.8. The molecular weight excluding hydrogens is 320 g/mol. The molecule has 1 atom stereocenters. The number of aryl methyl sites for hydroxylation is 1. The van der Waals surface area contributed by atoms with Gasteiger partial charge < -0.3 is 15.5 Å². The predicted octanol–water partition coefficient (Wildman–Crippen LogP) is 2.68. The Balaban J connectivity index is 1.93. The van der Waals surface area contributed by atoms with E-state index < -0.39 is 6.10 Å². The van der Waals surface area contributed by atoms with Gasteiger partial charge >= 0.3 is 0 Å². The van der Waals surface area contributed by atoms with Crippen molar-refractivity contribution in [1.82, 2.24) is 10.3 Å². The molecule has 2 aromatic rings. The molecule has 0 saturated heterocycles. The summed E-state index contributed by atoms with van der Waals surface area (Å²) in [5, 5.41) is 23.1. The van der Waals surface area contributed by atoms with E-state index >= 15 is 0 Å². The standard InChI is InChI=1S/C15H17BrN2O2/c1-10-6-13(16)7-12(15(10)20)8-18-9-14(19)11-2-4-17-5-3-11/h2-7,14,18-20H,8-9H2,1H3. The third kappa shape index (κ3) is 3.79. The van der Waals surface area contributed by atoms with Gasteiger partial charge in [-0.2, -0.15) is 0 Å². The van der Waals surface area contributed by atoms with E-state index in [9.17, 15) is 10.2 Å². The second-order valence-corrected chi connectivity index (χ2v) is 5.57. The number of benzene rings is 1. The summed E-state index contributed by atoms with van der Waals surface area (Å²) < 4.78 is 0.930. The fourth-order valence-corrected chi connectivity index (χ4v) is 2.61. The second-order valence-electron chi connectivity index (χ2n) is 4.66. The molecule has 0 saturated carbocycles. The van der Waals surface area contributed by atoms with Crippen molar-refractivity contribution >= 4 is 15.9 Å². The molecule has 0 aliphatic rings. The van der Waals surface area contributed by atoms with Gasteiger partial charge in [-0.1, -0.05) is 15.9 Å². The second kappa shape index (κ2) is 6.83. The van der Waals surface area contributed by atoms with E-state index in [1.165, 1.54) is 0 Å². The maximum absolute atomic E-state index is 10.0. The number of halogens is 1. The van der Waals surface area contributed by atoms with Crippen molar-refractivity contribution in [3.63, 3.8) is 0 Å². The maximum Gasteiger partial charge on any atom is 0.123 e. The molecule has 2 rings (SSSR count). The van der Waals surface area contributed by atoms with Crippen LogP contribution < -0.4 is 5.32 Å². The average molecular weight is 337 g/mol. The van der Waals surface area contributed by atoms with Crippen LogP contribution in [0.25, 0.3) is 0 Å². The molecule has 0 fully saturated rings. The Hall–Kier alpha value is -1.43. The monoisotopic (exact) mass is 336 g/mol. The van der Waals surface area contributed by atoms with Crippen molar-refractivity contribution in [3.8, 4) is 5.75 Å². The molecule has 0 spiro atoms. The number of rotatable bonds is 5. The zero-order valence-electron chi connectivity index (χ0n) is 11.2. The summed E-state index contributed by atoms with van der Waals surface area (Å²) in [6, 6.07) is 7.30. The molecule has 0 bridgehead atoms. The van der Waals surface area contributed by atoms with E-state index in [0.717, 1.165) is 21.2 Å². The average Bonchev–Trinajstić information content (AvgIpc) is 2.44. The summed E-state index contributed by atoms with van der Waals surface area (Å²) in [7, 11) is 0. The number of aliphatic hydroxyl groups is 1. The molecule has 0 radical (unpaired) electrons. The third-order valence-corrected chi connectivity index (χ3v) is 3.55. The highest BCUT2D eigenvalue weighted by molar-refractivity contribution is 9.10. The van der Waals surface area contributed by atoms with E-state index in [2.05, 4.69) is 26.2 Å². The normalized spacial score (nSPS) is 12.3. The Morgan fingerprint density at radius 3 is 2.70 bits per heavy atom. The van der Waals surface area contributed by atoms with Crippen LogP contribution in [0, 0.1) is 6.92 Å². The van der Waals surface area contributed by atoms with Crippen LogP contribution in [0.15, 0.2) is 41.1 Å².